The second-order valence-corrected chi connectivity index (χ2v) is 4.75. The number of ether oxygens (including phenoxy) is 2. The van der Waals surface area contributed by atoms with Crippen molar-refractivity contribution in [3.63, 3.8) is 0 Å². The summed E-state index contributed by atoms with van der Waals surface area (Å²) in [5.41, 5.74) is 10.9. The third-order valence-corrected chi connectivity index (χ3v) is 3.37. The van der Waals surface area contributed by atoms with Gasteiger partial charge in [0.2, 0.25) is 0 Å². The van der Waals surface area contributed by atoms with Crippen LogP contribution in [0.3, 0.4) is 0 Å². The maximum absolute atomic E-state index is 6.07. The fraction of sp³-hybridized carbons (Fsp3) is 0.538. The van der Waals surface area contributed by atoms with Crippen LogP contribution in [0, 0.1) is 6.92 Å². The molecular formula is C13H17NO2. The van der Waals surface area contributed by atoms with Crippen LogP contribution in [0.25, 0.3) is 0 Å². The highest BCUT2D eigenvalue weighted by Crippen LogP contribution is 2.29. The van der Waals surface area contributed by atoms with Crippen LogP contribution in [0.15, 0.2) is 12.1 Å². The second-order valence-electron chi connectivity index (χ2n) is 4.75. The molecule has 2 fully saturated rings. The smallest absolute Gasteiger partial charge is 0.0851 e. The summed E-state index contributed by atoms with van der Waals surface area (Å²) in [5, 5.41) is 0. The number of anilines is 1. The lowest BCUT2D eigenvalue weighted by Crippen LogP contribution is -2.08. The first-order valence-corrected chi connectivity index (χ1v) is 5.84. The van der Waals surface area contributed by atoms with E-state index in [-0.39, 0.29) is 0 Å². The van der Waals surface area contributed by atoms with Crippen molar-refractivity contribution in [2.24, 2.45) is 0 Å². The Balaban J connectivity index is 1.92. The van der Waals surface area contributed by atoms with Gasteiger partial charge >= 0.3 is 0 Å². The Kier molecular flexibility index (Phi) is 2.37. The van der Waals surface area contributed by atoms with E-state index in [1.807, 2.05) is 6.07 Å². The summed E-state index contributed by atoms with van der Waals surface area (Å²) in [6.45, 7) is 3.93. The number of hydrogen-bond acceptors (Lipinski definition) is 3. The molecule has 16 heavy (non-hydrogen) atoms. The summed E-state index contributed by atoms with van der Waals surface area (Å²) in [5.74, 6) is 0. The molecule has 86 valence electrons. The van der Waals surface area contributed by atoms with Crippen LogP contribution >= 0.6 is 0 Å². The van der Waals surface area contributed by atoms with E-state index >= 15 is 0 Å². The molecule has 2 atom stereocenters. The van der Waals surface area contributed by atoms with Crippen LogP contribution in [0.1, 0.15) is 16.7 Å². The largest absolute Gasteiger partial charge is 0.398 e. The van der Waals surface area contributed by atoms with Gasteiger partial charge in [-0.1, -0.05) is 6.07 Å². The van der Waals surface area contributed by atoms with E-state index in [9.17, 15) is 0 Å². The van der Waals surface area contributed by atoms with Gasteiger partial charge in [-0.25, -0.2) is 0 Å². The van der Waals surface area contributed by atoms with Crippen molar-refractivity contribution in [3.8, 4) is 0 Å². The fourth-order valence-corrected chi connectivity index (χ4v) is 2.18. The van der Waals surface area contributed by atoms with E-state index in [0.717, 1.165) is 31.7 Å². The van der Waals surface area contributed by atoms with Gasteiger partial charge in [0.25, 0.3) is 0 Å². The van der Waals surface area contributed by atoms with Crippen LogP contribution in [-0.4, -0.2) is 25.4 Å². The maximum atomic E-state index is 6.07. The second kappa shape index (κ2) is 3.75. The Morgan fingerprint density at radius 2 is 1.69 bits per heavy atom. The Bertz CT molecular complexity index is 370. The topological polar surface area (TPSA) is 51.1 Å². The average Bonchev–Trinajstić information content (AvgIpc) is 3.10. The third kappa shape index (κ3) is 2.06. The number of rotatable bonds is 4. The average molecular weight is 219 g/mol. The first-order valence-electron chi connectivity index (χ1n) is 5.84. The molecule has 3 nitrogen and oxygen atoms in total. The highest BCUT2D eigenvalue weighted by Gasteiger charge is 2.29. The molecule has 2 unspecified atom stereocenters. The summed E-state index contributed by atoms with van der Waals surface area (Å²) in [6, 6.07) is 4.11. The zero-order chi connectivity index (χ0) is 11.1. The number of hydrogen-bond donors (Lipinski definition) is 1. The highest BCUT2D eigenvalue weighted by atomic mass is 16.6. The van der Waals surface area contributed by atoms with Crippen LogP contribution in [-0.2, 0) is 22.3 Å². The van der Waals surface area contributed by atoms with Crippen molar-refractivity contribution < 1.29 is 9.47 Å². The van der Waals surface area contributed by atoms with Crippen molar-refractivity contribution in [2.45, 2.75) is 32.0 Å². The van der Waals surface area contributed by atoms with E-state index in [4.69, 9.17) is 15.2 Å². The maximum Gasteiger partial charge on any atom is 0.0851 e. The lowest BCUT2D eigenvalue weighted by molar-refractivity contribution is 0.401. The first-order chi connectivity index (χ1) is 7.74. The molecule has 1 aromatic carbocycles. The highest BCUT2D eigenvalue weighted by molar-refractivity contribution is 5.54. The molecule has 0 amide bonds. The molecule has 2 heterocycles. The van der Waals surface area contributed by atoms with Gasteiger partial charge in [-0.2, -0.15) is 0 Å². The van der Waals surface area contributed by atoms with Gasteiger partial charge in [0, 0.05) is 18.5 Å². The van der Waals surface area contributed by atoms with Crippen LogP contribution in [0.2, 0.25) is 0 Å². The van der Waals surface area contributed by atoms with Gasteiger partial charge in [0.15, 0.2) is 0 Å². The van der Waals surface area contributed by atoms with Gasteiger partial charge in [-0.15, -0.1) is 0 Å². The monoisotopic (exact) mass is 219 g/mol. The predicted molar refractivity (Wildman–Crippen MR) is 62.5 cm³/mol. The summed E-state index contributed by atoms with van der Waals surface area (Å²) in [4.78, 5) is 0. The lowest BCUT2D eigenvalue weighted by atomic mass is 9.93. The number of nitrogens with two attached hydrogens (primary N) is 1. The minimum atomic E-state index is 0.392. The summed E-state index contributed by atoms with van der Waals surface area (Å²) >= 11 is 0. The molecule has 2 saturated heterocycles. The molecule has 3 heteroatoms. The molecule has 1 aromatic rings. The molecule has 0 spiro atoms. The molecule has 0 aliphatic carbocycles. The standard InChI is InChI=1S/C13H17NO2/c1-8-2-3-13(14)12(5-10-7-16-10)11(8)4-9-6-15-9/h2-3,9-10H,4-7,14H2,1H3. The molecule has 0 aromatic heterocycles. The van der Waals surface area contributed by atoms with Crippen LogP contribution in [0.4, 0.5) is 5.69 Å². The number of epoxide rings is 2. The minimum absolute atomic E-state index is 0.392. The SMILES string of the molecule is Cc1ccc(N)c(CC2CO2)c1CC1CO1. The van der Waals surface area contributed by atoms with Gasteiger partial charge in [0.1, 0.15) is 0 Å². The van der Waals surface area contributed by atoms with Crippen molar-refractivity contribution in [3.05, 3.63) is 28.8 Å². The van der Waals surface area contributed by atoms with Gasteiger partial charge < -0.3 is 15.2 Å². The Morgan fingerprint density at radius 3 is 2.25 bits per heavy atom. The third-order valence-electron chi connectivity index (χ3n) is 3.37. The Morgan fingerprint density at radius 1 is 1.12 bits per heavy atom. The normalized spacial score (nSPS) is 26.8. The van der Waals surface area contributed by atoms with E-state index in [1.165, 1.54) is 16.7 Å². The van der Waals surface area contributed by atoms with Crippen LogP contribution in [0.5, 0.6) is 0 Å². The minimum Gasteiger partial charge on any atom is -0.398 e. The van der Waals surface area contributed by atoms with Crippen molar-refractivity contribution in [2.75, 3.05) is 18.9 Å². The quantitative estimate of drug-likeness (QED) is 0.616. The Hall–Kier alpha value is -1.06. The molecular weight excluding hydrogens is 202 g/mol. The van der Waals surface area contributed by atoms with Crippen molar-refractivity contribution in [1.29, 1.82) is 0 Å². The van der Waals surface area contributed by atoms with E-state index in [0.29, 0.717) is 12.2 Å². The molecule has 2 aliphatic heterocycles. The molecule has 0 bridgehead atoms. The van der Waals surface area contributed by atoms with Gasteiger partial charge in [0.05, 0.1) is 25.4 Å². The summed E-state index contributed by atoms with van der Waals surface area (Å²) < 4.78 is 10.6. The van der Waals surface area contributed by atoms with Crippen LogP contribution < -0.4 is 5.73 Å². The van der Waals surface area contributed by atoms with E-state index < -0.39 is 0 Å². The van der Waals surface area contributed by atoms with Gasteiger partial charge in [-0.3, -0.25) is 0 Å². The summed E-state index contributed by atoms with van der Waals surface area (Å²) in [6.07, 6.45) is 2.76. The Labute approximate surface area is 95.5 Å². The number of aryl methyl sites for hydroxylation is 1. The molecule has 2 aliphatic rings. The molecule has 3 rings (SSSR count). The van der Waals surface area contributed by atoms with Crippen molar-refractivity contribution in [1.82, 2.24) is 0 Å². The van der Waals surface area contributed by atoms with E-state index in [1.54, 1.807) is 0 Å². The zero-order valence-corrected chi connectivity index (χ0v) is 9.53. The fourth-order valence-electron chi connectivity index (χ4n) is 2.18. The molecule has 0 saturated carbocycles. The zero-order valence-electron chi connectivity index (χ0n) is 9.53. The molecule has 2 N–H and O–H groups in total. The van der Waals surface area contributed by atoms with Gasteiger partial charge in [-0.05, 0) is 29.7 Å². The summed E-state index contributed by atoms with van der Waals surface area (Å²) in [7, 11) is 0. The van der Waals surface area contributed by atoms with E-state index in [2.05, 4.69) is 13.0 Å². The number of nitrogen functional groups attached to an aromatic ring is 1. The molecule has 0 radical (unpaired) electrons. The predicted octanol–water partition coefficient (Wildman–Crippen LogP) is 1.46. The lowest BCUT2D eigenvalue weighted by Gasteiger charge is -2.13. The van der Waals surface area contributed by atoms with Crippen molar-refractivity contribution >= 4 is 5.69 Å². The number of benzene rings is 1. The first kappa shape index (κ1) is 10.1.